The van der Waals surface area contributed by atoms with Gasteiger partial charge in [0.15, 0.2) is 5.75 Å². The lowest BCUT2D eigenvalue weighted by Crippen LogP contribution is -2.37. The molecule has 13 heteroatoms. The molecule has 2 amide bonds. The Balaban J connectivity index is 2.17. The Morgan fingerprint density at radius 3 is 2.25 bits per heavy atom. The predicted octanol–water partition coefficient (Wildman–Crippen LogP) is 0.946. The van der Waals surface area contributed by atoms with Crippen LogP contribution < -0.4 is 23.7 Å². The van der Waals surface area contributed by atoms with Crippen molar-refractivity contribution < 1.29 is 36.8 Å². The average molecular weight is 412 g/mol. The van der Waals surface area contributed by atoms with Crippen molar-refractivity contribution in [2.45, 2.75) is 6.92 Å². The Hall–Kier alpha value is -3.61. The third-order valence-corrected chi connectivity index (χ3v) is 4.00. The van der Waals surface area contributed by atoms with Gasteiger partial charge < -0.3 is 18.8 Å². The number of aromatic carboxylic acids is 1. The van der Waals surface area contributed by atoms with Gasteiger partial charge in [-0.2, -0.15) is 18.4 Å². The Morgan fingerprint density at radius 1 is 1.11 bits per heavy atom. The number of carbonyl (C=O) groups is 2. The Kier molecular flexibility index (Phi) is 6.20. The minimum absolute atomic E-state index is 0.0623. The molecule has 0 atom stereocenters. The summed E-state index contributed by atoms with van der Waals surface area (Å²) in [6, 6.07) is 4.13. The van der Waals surface area contributed by atoms with Crippen molar-refractivity contribution in [2.75, 3.05) is 19.5 Å². The SMILES string of the molecule is COc1cc(OC)nc(NC(=O)NS(=O)(=O)Oc2c(C)cccc2C(=O)O)n1. The van der Waals surface area contributed by atoms with Gasteiger partial charge in [0.25, 0.3) is 0 Å². The van der Waals surface area contributed by atoms with E-state index in [1.165, 1.54) is 39.3 Å². The Bertz CT molecular complexity index is 987. The van der Waals surface area contributed by atoms with Crippen molar-refractivity contribution in [3.05, 3.63) is 35.4 Å². The summed E-state index contributed by atoms with van der Waals surface area (Å²) in [4.78, 5) is 30.8. The Labute approximate surface area is 159 Å². The quantitative estimate of drug-likeness (QED) is 0.595. The summed E-state index contributed by atoms with van der Waals surface area (Å²) < 4.78 is 40.3. The highest BCUT2D eigenvalue weighted by atomic mass is 32.2. The number of rotatable bonds is 7. The first kappa shape index (κ1) is 20.7. The van der Waals surface area contributed by atoms with E-state index in [-0.39, 0.29) is 28.8 Å². The second-order valence-corrected chi connectivity index (χ2v) is 6.41. The van der Waals surface area contributed by atoms with Crippen LogP contribution in [0.5, 0.6) is 17.5 Å². The van der Waals surface area contributed by atoms with Crippen molar-refractivity contribution in [3.63, 3.8) is 0 Å². The zero-order valence-corrected chi connectivity index (χ0v) is 15.7. The second kappa shape index (κ2) is 8.39. The largest absolute Gasteiger partial charge is 0.481 e. The number of nitrogens with one attached hydrogen (secondary N) is 2. The third kappa shape index (κ3) is 5.20. The fraction of sp³-hybridized carbons (Fsp3) is 0.200. The number of aryl methyl sites for hydroxylation is 1. The molecule has 1 aromatic heterocycles. The molecule has 0 saturated heterocycles. The average Bonchev–Trinajstić information content (AvgIpc) is 2.61. The van der Waals surface area contributed by atoms with Gasteiger partial charge in [-0.3, -0.25) is 5.32 Å². The number of urea groups is 1. The van der Waals surface area contributed by atoms with Gasteiger partial charge in [0.1, 0.15) is 5.56 Å². The van der Waals surface area contributed by atoms with Gasteiger partial charge in [-0.25, -0.2) is 14.3 Å². The molecule has 1 aromatic carbocycles. The number of carboxylic acids is 1. The van der Waals surface area contributed by atoms with Gasteiger partial charge in [0.2, 0.25) is 17.7 Å². The van der Waals surface area contributed by atoms with Crippen LogP contribution in [0.15, 0.2) is 24.3 Å². The molecular weight excluding hydrogens is 396 g/mol. The third-order valence-electron chi connectivity index (χ3n) is 3.18. The summed E-state index contributed by atoms with van der Waals surface area (Å²) in [7, 11) is -2.06. The topological polar surface area (TPSA) is 166 Å². The summed E-state index contributed by atoms with van der Waals surface area (Å²) in [6.45, 7) is 1.45. The van der Waals surface area contributed by atoms with E-state index in [1.807, 2.05) is 0 Å². The minimum Gasteiger partial charge on any atom is -0.481 e. The molecule has 0 fully saturated rings. The van der Waals surface area contributed by atoms with Crippen molar-refractivity contribution >= 4 is 28.3 Å². The summed E-state index contributed by atoms with van der Waals surface area (Å²) in [5.74, 6) is -1.99. The number of benzene rings is 1. The number of amides is 2. The zero-order chi connectivity index (χ0) is 20.9. The molecule has 0 aliphatic rings. The lowest BCUT2D eigenvalue weighted by molar-refractivity contribution is 0.0695. The number of methoxy groups -OCH3 is 2. The molecule has 0 unspecified atom stereocenters. The number of hydrogen-bond donors (Lipinski definition) is 3. The molecule has 12 nitrogen and oxygen atoms in total. The van der Waals surface area contributed by atoms with Crippen molar-refractivity contribution in [1.29, 1.82) is 0 Å². The van der Waals surface area contributed by atoms with Crippen LogP contribution in [0.1, 0.15) is 15.9 Å². The van der Waals surface area contributed by atoms with Crippen molar-refractivity contribution in [3.8, 4) is 17.5 Å². The molecule has 0 bridgehead atoms. The molecule has 28 heavy (non-hydrogen) atoms. The van der Waals surface area contributed by atoms with E-state index < -0.39 is 28.1 Å². The Morgan fingerprint density at radius 2 is 1.71 bits per heavy atom. The summed E-state index contributed by atoms with van der Waals surface area (Å²) in [5, 5.41) is 11.2. The van der Waals surface area contributed by atoms with Gasteiger partial charge in [0.05, 0.1) is 20.3 Å². The van der Waals surface area contributed by atoms with Crippen LogP contribution in [0.2, 0.25) is 0 Å². The molecule has 0 aliphatic heterocycles. The lowest BCUT2D eigenvalue weighted by atomic mass is 10.1. The van der Waals surface area contributed by atoms with Crippen LogP contribution in [0.25, 0.3) is 0 Å². The molecular formula is C15H16N4O8S. The number of para-hydroxylation sites is 1. The number of nitrogens with zero attached hydrogens (tertiary/aromatic N) is 2. The van der Waals surface area contributed by atoms with E-state index >= 15 is 0 Å². The highest BCUT2D eigenvalue weighted by Crippen LogP contribution is 2.24. The first-order valence-electron chi connectivity index (χ1n) is 7.48. The fourth-order valence-corrected chi connectivity index (χ4v) is 2.73. The van der Waals surface area contributed by atoms with E-state index in [0.29, 0.717) is 0 Å². The summed E-state index contributed by atoms with van der Waals surface area (Å²) >= 11 is 0. The minimum atomic E-state index is -4.71. The van der Waals surface area contributed by atoms with Crippen LogP contribution >= 0.6 is 0 Å². The maximum atomic E-state index is 12.1. The first-order valence-corrected chi connectivity index (χ1v) is 8.89. The molecule has 0 saturated carbocycles. The van der Waals surface area contributed by atoms with E-state index in [4.69, 9.17) is 18.8 Å². The number of carbonyl (C=O) groups excluding carboxylic acids is 1. The van der Waals surface area contributed by atoms with Gasteiger partial charge in [-0.05, 0) is 18.6 Å². The smallest absolute Gasteiger partial charge is 0.411 e. The van der Waals surface area contributed by atoms with Crippen LogP contribution in [0.4, 0.5) is 10.7 Å². The standard InChI is InChI=1S/C15H16N4O8S/c1-8-5-4-6-9(13(20)21)12(8)27-28(23,24)19-15(22)18-14-16-10(25-2)7-11(17-14)26-3/h4-7H,1-3H3,(H,20,21)(H2,16,17,18,19,22). The van der Waals surface area contributed by atoms with Gasteiger partial charge in [-0.1, -0.05) is 12.1 Å². The van der Waals surface area contributed by atoms with E-state index in [1.54, 1.807) is 4.72 Å². The van der Waals surface area contributed by atoms with Gasteiger partial charge >= 0.3 is 22.3 Å². The predicted molar refractivity (Wildman–Crippen MR) is 95.0 cm³/mol. The molecule has 0 radical (unpaired) electrons. The van der Waals surface area contributed by atoms with Crippen LogP contribution in [0, 0.1) is 6.92 Å². The number of carboxylic acid groups (broad SMARTS) is 1. The first-order chi connectivity index (χ1) is 13.1. The molecule has 1 heterocycles. The van der Waals surface area contributed by atoms with Crippen molar-refractivity contribution in [1.82, 2.24) is 14.7 Å². The van der Waals surface area contributed by atoms with E-state index in [2.05, 4.69) is 15.3 Å². The molecule has 3 N–H and O–H groups in total. The molecule has 0 spiro atoms. The van der Waals surface area contributed by atoms with Gasteiger partial charge in [-0.15, -0.1) is 0 Å². The van der Waals surface area contributed by atoms with E-state index in [9.17, 15) is 18.0 Å². The van der Waals surface area contributed by atoms with Gasteiger partial charge in [0, 0.05) is 0 Å². The van der Waals surface area contributed by atoms with Crippen LogP contribution in [-0.2, 0) is 10.3 Å². The van der Waals surface area contributed by atoms with Crippen LogP contribution in [-0.4, -0.2) is 49.7 Å². The zero-order valence-electron chi connectivity index (χ0n) is 14.9. The monoisotopic (exact) mass is 412 g/mol. The number of aromatic nitrogens is 2. The highest BCUT2D eigenvalue weighted by Gasteiger charge is 2.23. The van der Waals surface area contributed by atoms with Crippen LogP contribution in [0.3, 0.4) is 0 Å². The number of ether oxygens (including phenoxy) is 2. The fourth-order valence-electron chi connectivity index (χ4n) is 1.97. The highest BCUT2D eigenvalue weighted by molar-refractivity contribution is 7.85. The second-order valence-electron chi connectivity index (χ2n) is 5.13. The summed E-state index contributed by atoms with van der Waals surface area (Å²) in [5.41, 5.74) is -0.141. The number of anilines is 1. The molecule has 0 aliphatic carbocycles. The molecule has 2 rings (SSSR count). The molecule has 2 aromatic rings. The molecule has 150 valence electrons. The maximum Gasteiger partial charge on any atom is 0.411 e. The summed E-state index contributed by atoms with van der Waals surface area (Å²) in [6.07, 6.45) is 0. The normalized spacial score (nSPS) is 10.7. The van der Waals surface area contributed by atoms with E-state index in [0.717, 1.165) is 6.07 Å². The number of hydrogen-bond acceptors (Lipinski definition) is 9. The maximum absolute atomic E-state index is 12.1. The van der Waals surface area contributed by atoms with Crippen molar-refractivity contribution in [2.24, 2.45) is 0 Å². The lowest BCUT2D eigenvalue weighted by Gasteiger charge is -2.12.